The van der Waals surface area contributed by atoms with Gasteiger partial charge in [0.2, 0.25) is 20.8 Å². The van der Waals surface area contributed by atoms with Crippen LogP contribution in [0.4, 0.5) is 0 Å². The molecule has 1 aromatic rings. The molecular formula is C18H22Na2O9S2. The van der Waals surface area contributed by atoms with E-state index in [1.165, 1.54) is 0 Å². The minimum Gasteiger partial charge on any atom is -0.726 e. The molecule has 0 saturated heterocycles. The first kappa shape index (κ1) is 28.0. The molecule has 2 fully saturated rings. The van der Waals surface area contributed by atoms with Crippen molar-refractivity contribution >= 4 is 20.8 Å². The molecule has 1 aromatic carbocycles. The fourth-order valence-corrected chi connectivity index (χ4v) is 7.13. The van der Waals surface area contributed by atoms with Crippen LogP contribution < -0.4 is 59.1 Å². The van der Waals surface area contributed by atoms with Gasteiger partial charge in [0.25, 0.3) is 0 Å². The van der Waals surface area contributed by atoms with E-state index in [-0.39, 0.29) is 89.0 Å². The van der Waals surface area contributed by atoms with E-state index < -0.39 is 38.4 Å². The quantitative estimate of drug-likeness (QED) is 0.249. The van der Waals surface area contributed by atoms with Gasteiger partial charge in [-0.2, -0.15) is 0 Å². The van der Waals surface area contributed by atoms with Gasteiger partial charge in [0.15, 0.2) is 0 Å². The monoisotopic (exact) mass is 492 g/mol. The molecule has 0 aromatic heterocycles. The van der Waals surface area contributed by atoms with Gasteiger partial charge in [-0.1, -0.05) is 13.0 Å². The van der Waals surface area contributed by atoms with Gasteiger partial charge in [0, 0.05) is 5.41 Å². The molecule has 31 heavy (non-hydrogen) atoms. The minimum absolute atomic E-state index is 0. The Hall–Kier alpha value is 0.760. The van der Waals surface area contributed by atoms with E-state index in [4.69, 9.17) is 4.18 Å². The van der Waals surface area contributed by atoms with E-state index in [1.807, 2.05) is 6.07 Å². The van der Waals surface area contributed by atoms with Crippen LogP contribution in [0.2, 0.25) is 0 Å². The van der Waals surface area contributed by atoms with Crippen molar-refractivity contribution in [3.8, 4) is 5.75 Å². The SMILES string of the molecule is C[C@]12CCC3c4ccc(O)cc4CCC3C1C[C@@H](OS(=O)(=O)[O-])[C@@H]2OS(=O)(=O)[O-].[Na+].[Na+]. The van der Waals surface area contributed by atoms with Gasteiger partial charge in [-0.15, -0.1) is 0 Å². The zero-order valence-electron chi connectivity index (χ0n) is 17.7. The second-order valence-electron chi connectivity index (χ2n) is 8.55. The van der Waals surface area contributed by atoms with Crippen molar-refractivity contribution in [3.63, 3.8) is 0 Å². The van der Waals surface area contributed by atoms with E-state index >= 15 is 0 Å². The first-order valence-corrected chi connectivity index (χ1v) is 12.1. The van der Waals surface area contributed by atoms with Crippen LogP contribution >= 0.6 is 0 Å². The molecule has 0 heterocycles. The zero-order valence-corrected chi connectivity index (χ0v) is 23.3. The molecule has 3 unspecified atom stereocenters. The molecule has 13 heteroatoms. The molecule has 0 spiro atoms. The molecule has 4 rings (SSSR count). The number of hydrogen-bond donors (Lipinski definition) is 1. The third kappa shape index (κ3) is 5.71. The van der Waals surface area contributed by atoms with Gasteiger partial charge in [-0.25, -0.2) is 16.8 Å². The molecule has 1 N–H and O–H groups in total. The standard InChI is InChI=1S/C18H24O9S2.2Na/c1-18-7-6-13-12-5-3-11(19)8-10(12)2-4-14(13)15(18)9-16(26-28(20,21)22)17(18)27-29(23,24)25;;/h3,5,8,13-17,19H,2,4,6-7,9H2,1H3,(H,20,21,22)(H,23,24,25);;/q;2*+1/p-2/t13?,14?,15?,16-,17+,18+;;/m1../s1. The number of phenolic OH excluding ortho intramolecular Hbond substituents is 1. The van der Waals surface area contributed by atoms with Gasteiger partial charge in [-0.05, 0) is 73.1 Å². The first-order chi connectivity index (χ1) is 13.4. The van der Waals surface area contributed by atoms with Crippen molar-refractivity contribution < 1.29 is 98.5 Å². The average Bonchev–Trinajstić information content (AvgIpc) is 2.83. The van der Waals surface area contributed by atoms with Crippen LogP contribution in [-0.4, -0.2) is 43.3 Å². The molecule has 2 saturated carbocycles. The number of phenols is 1. The number of aryl methyl sites for hydroxylation is 1. The van der Waals surface area contributed by atoms with E-state index in [2.05, 4.69) is 4.18 Å². The Morgan fingerprint density at radius 1 is 1.06 bits per heavy atom. The molecule has 3 aliphatic carbocycles. The fraction of sp³-hybridized carbons (Fsp3) is 0.667. The Morgan fingerprint density at radius 3 is 2.32 bits per heavy atom. The van der Waals surface area contributed by atoms with Crippen LogP contribution in [0.5, 0.6) is 5.75 Å². The minimum atomic E-state index is -5.12. The van der Waals surface area contributed by atoms with Crippen LogP contribution in [0.1, 0.15) is 49.7 Å². The average molecular weight is 492 g/mol. The summed E-state index contributed by atoms with van der Waals surface area (Å²) in [5, 5.41) is 9.76. The van der Waals surface area contributed by atoms with Gasteiger partial charge in [0.05, 0.1) is 0 Å². The van der Waals surface area contributed by atoms with Crippen LogP contribution in [-0.2, 0) is 35.6 Å². The Kier molecular flexibility index (Phi) is 8.84. The molecule has 0 amide bonds. The molecule has 0 aliphatic heterocycles. The number of fused-ring (bicyclic) bond motifs is 5. The van der Waals surface area contributed by atoms with E-state index in [0.29, 0.717) is 19.3 Å². The maximum absolute atomic E-state index is 11.3. The summed E-state index contributed by atoms with van der Waals surface area (Å²) >= 11 is 0. The molecule has 0 bridgehead atoms. The molecule has 162 valence electrons. The maximum atomic E-state index is 11.3. The van der Waals surface area contributed by atoms with Crippen molar-refractivity contribution in [2.75, 3.05) is 0 Å². The van der Waals surface area contributed by atoms with Crippen LogP contribution in [0.25, 0.3) is 0 Å². The van der Waals surface area contributed by atoms with Crippen LogP contribution in [0.3, 0.4) is 0 Å². The van der Waals surface area contributed by atoms with Crippen molar-refractivity contribution in [2.45, 2.75) is 57.2 Å². The van der Waals surface area contributed by atoms with Gasteiger partial charge in [-0.3, -0.25) is 8.37 Å². The summed E-state index contributed by atoms with van der Waals surface area (Å²) < 4.78 is 76.9. The van der Waals surface area contributed by atoms with Crippen molar-refractivity contribution in [1.82, 2.24) is 0 Å². The van der Waals surface area contributed by atoms with Crippen molar-refractivity contribution in [3.05, 3.63) is 29.3 Å². The third-order valence-corrected chi connectivity index (χ3v) is 8.01. The fourth-order valence-electron chi connectivity index (χ4n) is 6.05. The summed E-state index contributed by atoms with van der Waals surface area (Å²) in [5.41, 5.74) is 1.37. The number of hydrogen-bond acceptors (Lipinski definition) is 9. The summed E-state index contributed by atoms with van der Waals surface area (Å²) in [6.07, 6.45) is 0.108. The largest absolute Gasteiger partial charge is 1.00 e. The smallest absolute Gasteiger partial charge is 0.726 e. The van der Waals surface area contributed by atoms with Crippen molar-refractivity contribution in [2.24, 2.45) is 17.3 Å². The number of aromatic hydroxyl groups is 1. The van der Waals surface area contributed by atoms with Crippen LogP contribution in [0, 0.1) is 17.3 Å². The summed E-state index contributed by atoms with van der Waals surface area (Å²) in [5.74, 6) is 0.271. The first-order valence-electron chi connectivity index (χ1n) is 9.47. The maximum Gasteiger partial charge on any atom is 1.00 e. The number of rotatable bonds is 4. The second-order valence-corrected chi connectivity index (χ2v) is 10.6. The van der Waals surface area contributed by atoms with E-state index in [0.717, 1.165) is 17.5 Å². The third-order valence-electron chi connectivity index (χ3n) is 7.08. The summed E-state index contributed by atoms with van der Waals surface area (Å²) in [4.78, 5) is 0. The van der Waals surface area contributed by atoms with Gasteiger partial charge < -0.3 is 14.2 Å². The second kappa shape index (κ2) is 9.79. The Bertz CT molecular complexity index is 1030. The summed E-state index contributed by atoms with van der Waals surface area (Å²) in [6, 6.07) is 5.28. The predicted octanol–water partition coefficient (Wildman–Crippen LogP) is -4.44. The molecule has 3 aliphatic rings. The zero-order chi connectivity index (χ0) is 21.2. The van der Waals surface area contributed by atoms with Crippen LogP contribution in [0.15, 0.2) is 18.2 Å². The predicted molar refractivity (Wildman–Crippen MR) is 97.2 cm³/mol. The molecule has 0 radical (unpaired) electrons. The molecular weight excluding hydrogens is 470 g/mol. The Labute approximate surface area is 226 Å². The van der Waals surface area contributed by atoms with Gasteiger partial charge in [0.1, 0.15) is 18.0 Å². The Balaban J connectivity index is 0.00000171. The van der Waals surface area contributed by atoms with E-state index in [1.54, 1.807) is 19.1 Å². The summed E-state index contributed by atoms with van der Waals surface area (Å²) in [7, 11) is -10.2. The number of benzene rings is 1. The molecule has 9 nitrogen and oxygen atoms in total. The topological polar surface area (TPSA) is 153 Å². The normalized spacial score (nSPS) is 34.5. The van der Waals surface area contributed by atoms with Crippen molar-refractivity contribution in [1.29, 1.82) is 0 Å². The summed E-state index contributed by atoms with van der Waals surface area (Å²) in [6.45, 7) is 1.77. The van der Waals surface area contributed by atoms with E-state index in [9.17, 15) is 31.0 Å². The Morgan fingerprint density at radius 2 is 1.71 bits per heavy atom. The molecule has 6 atom stereocenters. The van der Waals surface area contributed by atoms with Gasteiger partial charge >= 0.3 is 59.1 Å².